The van der Waals surface area contributed by atoms with E-state index in [4.69, 9.17) is 0 Å². The lowest BCUT2D eigenvalue weighted by molar-refractivity contribution is -0.116. The Balaban J connectivity index is 1.55. The van der Waals surface area contributed by atoms with Gasteiger partial charge < -0.3 is 10.3 Å². The maximum absolute atomic E-state index is 13.5. The second-order valence-electron chi connectivity index (χ2n) is 8.19. The summed E-state index contributed by atoms with van der Waals surface area (Å²) in [5, 5.41) is 3.74. The molecule has 3 aromatic rings. The number of aromatic nitrogens is 2. The number of aryl methyl sites for hydroxylation is 1. The molecule has 1 aromatic heterocycles. The van der Waals surface area contributed by atoms with Gasteiger partial charge in [-0.1, -0.05) is 53.7 Å². The number of carbonyl (C=O) groups excluding carboxylic acids is 1. The number of thioether (sulfide) groups is 1. The molecule has 162 valence electrons. The Labute approximate surface area is 189 Å². The van der Waals surface area contributed by atoms with Gasteiger partial charge >= 0.3 is 0 Å². The molecule has 0 radical (unpaired) electrons. The first-order valence-electron chi connectivity index (χ1n) is 10.6. The number of Topliss-reactive ketones (excluding diaryl/α,β-unsaturated/α-hetero) is 1. The molecule has 0 spiro atoms. The summed E-state index contributed by atoms with van der Waals surface area (Å²) in [7, 11) is 0. The van der Waals surface area contributed by atoms with E-state index in [-0.39, 0.29) is 17.2 Å². The molecule has 0 saturated heterocycles. The summed E-state index contributed by atoms with van der Waals surface area (Å²) in [6.45, 7) is 2.01. The first-order chi connectivity index (χ1) is 15.5. The normalized spacial score (nSPS) is 17.6. The molecule has 1 aliphatic heterocycles. The van der Waals surface area contributed by atoms with Crippen molar-refractivity contribution >= 4 is 23.4 Å². The van der Waals surface area contributed by atoms with Crippen molar-refractivity contribution in [2.45, 2.75) is 43.0 Å². The van der Waals surface area contributed by atoms with Crippen LogP contribution in [0.3, 0.4) is 0 Å². The van der Waals surface area contributed by atoms with Gasteiger partial charge in [0, 0.05) is 29.4 Å². The van der Waals surface area contributed by atoms with Gasteiger partial charge in [0.2, 0.25) is 0 Å². The van der Waals surface area contributed by atoms with Crippen LogP contribution in [0.15, 0.2) is 69.8 Å². The number of rotatable bonds is 4. The molecule has 7 heteroatoms. The van der Waals surface area contributed by atoms with Crippen molar-refractivity contribution in [3.8, 4) is 0 Å². The van der Waals surface area contributed by atoms with Crippen LogP contribution in [0.25, 0.3) is 0 Å². The van der Waals surface area contributed by atoms with Crippen molar-refractivity contribution in [1.82, 2.24) is 9.97 Å². The Morgan fingerprint density at radius 2 is 1.94 bits per heavy atom. The number of aromatic amines is 1. The second kappa shape index (κ2) is 8.39. The predicted molar refractivity (Wildman–Crippen MR) is 123 cm³/mol. The molecule has 32 heavy (non-hydrogen) atoms. The summed E-state index contributed by atoms with van der Waals surface area (Å²) in [6, 6.07) is 14.3. The number of ketones is 1. The van der Waals surface area contributed by atoms with Gasteiger partial charge in [0.15, 0.2) is 10.9 Å². The Bertz CT molecular complexity index is 1300. The van der Waals surface area contributed by atoms with Gasteiger partial charge in [-0.2, -0.15) is 0 Å². The minimum absolute atomic E-state index is 0.0823. The van der Waals surface area contributed by atoms with Gasteiger partial charge in [-0.15, -0.1) is 0 Å². The van der Waals surface area contributed by atoms with Crippen LogP contribution in [0.4, 0.5) is 10.2 Å². The average Bonchev–Trinajstić information content (AvgIpc) is 2.77. The van der Waals surface area contributed by atoms with Crippen LogP contribution in [0.1, 0.15) is 47.4 Å². The number of allylic oxidation sites excluding steroid dienone is 2. The zero-order chi connectivity index (χ0) is 22.2. The minimum Gasteiger partial charge on any atom is -0.343 e. The Morgan fingerprint density at radius 1 is 1.12 bits per heavy atom. The molecule has 2 N–H and O–H groups in total. The number of H-pyrrole nitrogens is 1. The molecule has 2 aliphatic rings. The highest BCUT2D eigenvalue weighted by Crippen LogP contribution is 2.43. The van der Waals surface area contributed by atoms with Gasteiger partial charge in [0.05, 0.1) is 5.56 Å². The molecule has 0 amide bonds. The summed E-state index contributed by atoms with van der Waals surface area (Å²) in [4.78, 5) is 33.7. The Kier molecular flexibility index (Phi) is 5.43. The number of fused-ring (bicyclic) bond motifs is 1. The van der Waals surface area contributed by atoms with Crippen LogP contribution < -0.4 is 10.9 Å². The van der Waals surface area contributed by atoms with E-state index in [0.29, 0.717) is 34.3 Å². The molecule has 1 aliphatic carbocycles. The molecule has 2 aromatic carbocycles. The Morgan fingerprint density at radius 3 is 2.72 bits per heavy atom. The van der Waals surface area contributed by atoms with E-state index in [1.54, 1.807) is 6.07 Å². The van der Waals surface area contributed by atoms with E-state index in [0.717, 1.165) is 35.2 Å². The third-order valence-electron chi connectivity index (χ3n) is 5.91. The van der Waals surface area contributed by atoms with Crippen LogP contribution >= 0.6 is 11.8 Å². The summed E-state index contributed by atoms with van der Waals surface area (Å²) in [5.41, 5.74) is 4.58. The number of carbonyl (C=O) groups is 1. The number of halogens is 1. The molecule has 5 nitrogen and oxygen atoms in total. The quantitative estimate of drug-likeness (QED) is 0.431. The standard InChI is InChI=1S/C25H22FN3O2S/c1-14-8-10-16(11-9-14)20-21-18(6-3-7-19(21)30)27-23-22(20)24(31)29-25(28-23)32-13-15-4-2-5-17(26)12-15/h2,4-5,8-12,20H,3,6-7,13H2,1H3,(H2,27,28,29,31)/t20-/m0/s1. The summed E-state index contributed by atoms with van der Waals surface area (Å²) >= 11 is 1.34. The monoisotopic (exact) mass is 447 g/mol. The van der Waals surface area contributed by atoms with Crippen molar-refractivity contribution in [2.24, 2.45) is 0 Å². The van der Waals surface area contributed by atoms with Gasteiger partial charge in [-0.3, -0.25) is 9.59 Å². The lowest BCUT2D eigenvalue weighted by atomic mass is 9.76. The molecular weight excluding hydrogens is 425 g/mol. The Hall–Kier alpha value is -3.19. The molecule has 2 heterocycles. The van der Waals surface area contributed by atoms with Crippen LogP contribution in [-0.2, 0) is 10.5 Å². The van der Waals surface area contributed by atoms with Gasteiger partial charge in [-0.25, -0.2) is 9.37 Å². The SMILES string of the molecule is Cc1ccc([C@H]2C3=C(CCCC3=O)Nc3nc(SCc4cccc(F)c4)[nH]c(=O)c32)cc1. The largest absolute Gasteiger partial charge is 0.343 e. The highest BCUT2D eigenvalue weighted by atomic mass is 32.2. The van der Waals surface area contributed by atoms with Crippen molar-refractivity contribution in [2.75, 3.05) is 5.32 Å². The fourth-order valence-corrected chi connectivity index (χ4v) is 5.18. The van der Waals surface area contributed by atoms with E-state index < -0.39 is 5.92 Å². The van der Waals surface area contributed by atoms with E-state index in [1.807, 2.05) is 37.3 Å². The number of benzene rings is 2. The number of hydrogen-bond acceptors (Lipinski definition) is 5. The van der Waals surface area contributed by atoms with E-state index in [9.17, 15) is 14.0 Å². The summed E-state index contributed by atoms with van der Waals surface area (Å²) < 4.78 is 13.5. The molecule has 0 unspecified atom stereocenters. The topological polar surface area (TPSA) is 74.8 Å². The molecular formula is C25H22FN3O2S. The van der Waals surface area contributed by atoms with Gasteiger partial charge in [0.25, 0.3) is 5.56 Å². The fourth-order valence-electron chi connectivity index (χ4n) is 4.38. The van der Waals surface area contributed by atoms with Crippen LogP contribution in [-0.4, -0.2) is 15.8 Å². The summed E-state index contributed by atoms with van der Waals surface area (Å²) in [6.07, 6.45) is 2.03. The van der Waals surface area contributed by atoms with E-state index in [2.05, 4.69) is 15.3 Å². The first kappa shape index (κ1) is 20.7. The maximum atomic E-state index is 13.5. The first-order valence-corrected chi connectivity index (χ1v) is 11.6. The summed E-state index contributed by atoms with van der Waals surface area (Å²) in [5.74, 6) is 0.327. The smallest absolute Gasteiger partial charge is 0.257 e. The number of hydrogen-bond donors (Lipinski definition) is 2. The molecule has 5 rings (SSSR count). The molecule has 0 bridgehead atoms. The minimum atomic E-state index is -0.437. The average molecular weight is 448 g/mol. The third kappa shape index (κ3) is 3.88. The predicted octanol–water partition coefficient (Wildman–Crippen LogP) is 5.07. The van der Waals surface area contributed by atoms with Crippen LogP contribution in [0, 0.1) is 12.7 Å². The highest BCUT2D eigenvalue weighted by Gasteiger charge is 2.37. The zero-order valence-corrected chi connectivity index (χ0v) is 18.4. The van der Waals surface area contributed by atoms with Gasteiger partial charge in [-0.05, 0) is 43.0 Å². The van der Waals surface area contributed by atoms with Gasteiger partial charge in [0.1, 0.15) is 11.6 Å². The molecule has 0 fully saturated rings. The lowest BCUT2D eigenvalue weighted by Gasteiger charge is -2.32. The van der Waals surface area contributed by atoms with Crippen LogP contribution in [0.2, 0.25) is 0 Å². The lowest BCUT2D eigenvalue weighted by Crippen LogP contribution is -2.32. The third-order valence-corrected chi connectivity index (χ3v) is 6.86. The van der Waals surface area contributed by atoms with Crippen molar-refractivity contribution in [1.29, 1.82) is 0 Å². The van der Waals surface area contributed by atoms with Crippen molar-refractivity contribution in [3.63, 3.8) is 0 Å². The maximum Gasteiger partial charge on any atom is 0.257 e. The second-order valence-corrected chi connectivity index (χ2v) is 9.15. The number of anilines is 1. The van der Waals surface area contributed by atoms with Crippen LogP contribution in [0.5, 0.6) is 0 Å². The number of nitrogens with one attached hydrogen (secondary N) is 2. The van der Waals surface area contributed by atoms with E-state index >= 15 is 0 Å². The van der Waals surface area contributed by atoms with Crippen molar-refractivity contribution < 1.29 is 9.18 Å². The fraction of sp³-hybridized carbons (Fsp3) is 0.240. The van der Waals surface area contributed by atoms with Crippen molar-refractivity contribution in [3.05, 3.63) is 98.2 Å². The molecule has 0 saturated carbocycles. The highest BCUT2D eigenvalue weighted by molar-refractivity contribution is 7.98. The van der Waals surface area contributed by atoms with E-state index in [1.165, 1.54) is 23.9 Å². The zero-order valence-electron chi connectivity index (χ0n) is 17.6. The number of nitrogens with zero attached hydrogens (tertiary/aromatic N) is 1. The molecule has 1 atom stereocenters.